The minimum Gasteiger partial charge on any atom is -0.396 e. The molecular weight excluding hydrogens is 224 g/mol. The van der Waals surface area contributed by atoms with Crippen molar-refractivity contribution in [3.05, 3.63) is 18.0 Å². The Labute approximate surface area is 109 Å². The van der Waals surface area contributed by atoms with Crippen molar-refractivity contribution >= 4 is 0 Å². The maximum Gasteiger partial charge on any atom is 0.0631 e. The first-order chi connectivity index (χ1) is 8.71. The second-order valence-electron chi connectivity index (χ2n) is 6.49. The molecule has 2 fully saturated rings. The third-order valence-corrected chi connectivity index (χ3v) is 4.87. The Hall–Kier alpha value is -0.830. The van der Waals surface area contributed by atoms with E-state index < -0.39 is 0 Å². The molecule has 3 rings (SSSR count). The number of nitrogens with zero attached hydrogens (tertiary/aromatic N) is 2. The molecule has 1 unspecified atom stereocenters. The summed E-state index contributed by atoms with van der Waals surface area (Å²) in [5.41, 5.74) is 1.21. The zero-order chi connectivity index (χ0) is 12.6. The zero-order valence-electron chi connectivity index (χ0n) is 11.3. The number of hydrogen-bond acceptors (Lipinski definition) is 2. The lowest BCUT2D eigenvalue weighted by atomic mass is 9.81. The smallest absolute Gasteiger partial charge is 0.0631 e. The molecule has 1 aromatic rings. The van der Waals surface area contributed by atoms with Gasteiger partial charge in [0.2, 0.25) is 0 Å². The van der Waals surface area contributed by atoms with Crippen molar-refractivity contribution in [1.29, 1.82) is 0 Å². The van der Waals surface area contributed by atoms with Gasteiger partial charge in [-0.3, -0.25) is 4.68 Å². The van der Waals surface area contributed by atoms with Gasteiger partial charge in [0.25, 0.3) is 0 Å². The topological polar surface area (TPSA) is 38.0 Å². The van der Waals surface area contributed by atoms with Gasteiger partial charge in [-0.2, -0.15) is 5.10 Å². The quantitative estimate of drug-likeness (QED) is 0.870. The van der Waals surface area contributed by atoms with Crippen molar-refractivity contribution in [3.63, 3.8) is 0 Å². The van der Waals surface area contributed by atoms with Crippen LogP contribution >= 0.6 is 0 Å². The predicted molar refractivity (Wildman–Crippen MR) is 71.4 cm³/mol. The van der Waals surface area contributed by atoms with Crippen LogP contribution in [-0.4, -0.2) is 21.5 Å². The first-order valence-electron chi connectivity index (χ1n) is 7.36. The van der Waals surface area contributed by atoms with Gasteiger partial charge in [-0.15, -0.1) is 0 Å². The van der Waals surface area contributed by atoms with Gasteiger partial charge >= 0.3 is 0 Å². The molecule has 0 aromatic carbocycles. The van der Waals surface area contributed by atoms with Crippen molar-refractivity contribution in [1.82, 2.24) is 9.78 Å². The maximum absolute atomic E-state index is 9.64. The van der Waals surface area contributed by atoms with Crippen LogP contribution in [0.3, 0.4) is 0 Å². The summed E-state index contributed by atoms with van der Waals surface area (Å²) in [6.45, 7) is 2.49. The van der Waals surface area contributed by atoms with Crippen LogP contribution in [0.1, 0.15) is 57.2 Å². The van der Waals surface area contributed by atoms with E-state index in [4.69, 9.17) is 5.10 Å². The zero-order valence-corrected chi connectivity index (χ0v) is 11.3. The SMILES string of the molecule is CC(CO)(Cc1ccn(C2CCCC2)n1)C1CC1. The number of aliphatic hydroxyl groups is 1. The number of aromatic nitrogens is 2. The Kier molecular flexibility index (Phi) is 3.18. The molecular formula is C15H24N2O. The van der Waals surface area contributed by atoms with Crippen LogP contribution in [0.2, 0.25) is 0 Å². The molecule has 2 saturated carbocycles. The fourth-order valence-corrected chi connectivity index (χ4v) is 3.37. The van der Waals surface area contributed by atoms with E-state index in [2.05, 4.69) is 23.9 Å². The molecule has 0 radical (unpaired) electrons. The molecule has 3 nitrogen and oxygen atoms in total. The van der Waals surface area contributed by atoms with Gasteiger partial charge in [0.15, 0.2) is 0 Å². The molecule has 3 heteroatoms. The molecule has 1 heterocycles. The van der Waals surface area contributed by atoms with Gasteiger partial charge in [-0.1, -0.05) is 19.8 Å². The minimum absolute atomic E-state index is 0.0505. The molecule has 0 aliphatic heterocycles. The molecule has 0 amide bonds. The van der Waals surface area contributed by atoms with Crippen LogP contribution in [0.5, 0.6) is 0 Å². The summed E-state index contributed by atoms with van der Waals surface area (Å²) in [5, 5.41) is 14.4. The summed E-state index contributed by atoms with van der Waals surface area (Å²) in [6, 6.07) is 2.77. The van der Waals surface area contributed by atoms with Gasteiger partial charge in [-0.25, -0.2) is 0 Å². The van der Waals surface area contributed by atoms with Crippen molar-refractivity contribution in [2.75, 3.05) is 6.61 Å². The van der Waals surface area contributed by atoms with Crippen molar-refractivity contribution in [2.45, 2.75) is 57.9 Å². The fraction of sp³-hybridized carbons (Fsp3) is 0.800. The van der Waals surface area contributed by atoms with Gasteiger partial charge in [0, 0.05) is 12.8 Å². The first-order valence-corrected chi connectivity index (χ1v) is 7.36. The second-order valence-corrected chi connectivity index (χ2v) is 6.49. The largest absolute Gasteiger partial charge is 0.396 e. The van der Waals surface area contributed by atoms with Gasteiger partial charge in [-0.05, 0) is 49.5 Å². The maximum atomic E-state index is 9.64. The van der Waals surface area contributed by atoms with Crippen LogP contribution in [-0.2, 0) is 6.42 Å². The summed E-state index contributed by atoms with van der Waals surface area (Å²) in [5.74, 6) is 0.708. The van der Waals surface area contributed by atoms with E-state index in [-0.39, 0.29) is 12.0 Å². The lowest BCUT2D eigenvalue weighted by Gasteiger charge is -2.26. The highest BCUT2D eigenvalue weighted by Gasteiger charge is 2.41. The van der Waals surface area contributed by atoms with E-state index in [0.29, 0.717) is 12.0 Å². The number of aliphatic hydroxyl groups excluding tert-OH is 1. The Bertz CT molecular complexity index is 404. The minimum atomic E-state index is 0.0505. The van der Waals surface area contributed by atoms with Gasteiger partial charge in [0.05, 0.1) is 11.7 Å². The molecule has 0 saturated heterocycles. The van der Waals surface area contributed by atoms with Crippen LogP contribution in [0, 0.1) is 11.3 Å². The summed E-state index contributed by atoms with van der Waals surface area (Å²) < 4.78 is 2.16. The second kappa shape index (κ2) is 4.69. The van der Waals surface area contributed by atoms with Gasteiger partial charge in [0.1, 0.15) is 0 Å². The van der Waals surface area contributed by atoms with E-state index in [1.54, 1.807) is 0 Å². The Morgan fingerprint density at radius 1 is 1.33 bits per heavy atom. The predicted octanol–water partition coefficient (Wildman–Crippen LogP) is 2.95. The highest BCUT2D eigenvalue weighted by molar-refractivity contribution is 5.06. The Balaban J connectivity index is 1.69. The van der Waals surface area contributed by atoms with E-state index in [1.807, 2.05) is 0 Å². The molecule has 100 valence electrons. The van der Waals surface area contributed by atoms with Crippen molar-refractivity contribution in [3.8, 4) is 0 Å². The van der Waals surface area contributed by atoms with Crippen LogP contribution in [0.15, 0.2) is 12.3 Å². The average molecular weight is 248 g/mol. The number of hydrogen-bond donors (Lipinski definition) is 1. The molecule has 18 heavy (non-hydrogen) atoms. The van der Waals surface area contributed by atoms with Crippen LogP contribution in [0.4, 0.5) is 0 Å². The molecule has 1 atom stereocenters. The summed E-state index contributed by atoms with van der Waals surface area (Å²) in [7, 11) is 0. The highest BCUT2D eigenvalue weighted by Crippen LogP contribution is 2.46. The monoisotopic (exact) mass is 248 g/mol. The molecule has 2 aliphatic rings. The molecule has 1 N–H and O–H groups in total. The Morgan fingerprint density at radius 2 is 2.06 bits per heavy atom. The molecule has 0 spiro atoms. The molecule has 0 bridgehead atoms. The van der Waals surface area contributed by atoms with Crippen molar-refractivity contribution < 1.29 is 5.11 Å². The normalized spacial score (nSPS) is 24.3. The lowest BCUT2D eigenvalue weighted by Crippen LogP contribution is -2.27. The standard InChI is InChI=1S/C15H24N2O/c1-15(11-18,12-6-7-12)10-13-8-9-17(16-13)14-4-2-3-5-14/h8-9,12,14,18H,2-7,10-11H2,1H3. The number of rotatable bonds is 5. The lowest BCUT2D eigenvalue weighted by molar-refractivity contribution is 0.118. The summed E-state index contributed by atoms with van der Waals surface area (Å²) >= 11 is 0. The van der Waals surface area contributed by atoms with Crippen LogP contribution < -0.4 is 0 Å². The van der Waals surface area contributed by atoms with Crippen LogP contribution in [0.25, 0.3) is 0 Å². The van der Waals surface area contributed by atoms with E-state index >= 15 is 0 Å². The van der Waals surface area contributed by atoms with Crippen molar-refractivity contribution in [2.24, 2.45) is 11.3 Å². The summed E-state index contributed by atoms with van der Waals surface area (Å²) in [4.78, 5) is 0. The third-order valence-electron chi connectivity index (χ3n) is 4.87. The molecule has 2 aliphatic carbocycles. The Morgan fingerprint density at radius 3 is 2.67 bits per heavy atom. The van der Waals surface area contributed by atoms with Gasteiger partial charge < -0.3 is 5.11 Å². The fourth-order valence-electron chi connectivity index (χ4n) is 3.37. The van der Waals surface area contributed by atoms with E-state index in [9.17, 15) is 5.11 Å². The third kappa shape index (κ3) is 2.33. The van der Waals surface area contributed by atoms with E-state index in [0.717, 1.165) is 12.1 Å². The first kappa shape index (κ1) is 12.2. The highest BCUT2D eigenvalue weighted by atomic mass is 16.3. The summed E-state index contributed by atoms with van der Waals surface area (Å²) in [6.07, 6.45) is 10.9. The molecule has 1 aromatic heterocycles. The average Bonchev–Trinajstić information content (AvgIpc) is 2.91. The van der Waals surface area contributed by atoms with E-state index in [1.165, 1.54) is 38.5 Å².